The van der Waals surface area contributed by atoms with E-state index < -0.39 is 11.9 Å². The van der Waals surface area contributed by atoms with E-state index in [2.05, 4.69) is 25.6 Å². The summed E-state index contributed by atoms with van der Waals surface area (Å²) >= 11 is 11.7. The van der Waals surface area contributed by atoms with Gasteiger partial charge in [-0.15, -0.1) is 5.10 Å². The maximum Gasteiger partial charge on any atom is 0.340 e. The summed E-state index contributed by atoms with van der Waals surface area (Å²) in [4.78, 5) is 23.6. The van der Waals surface area contributed by atoms with Gasteiger partial charge in [0.05, 0.1) is 28.4 Å². The fraction of sp³-hybridized carbons (Fsp3) is 0.182. The monoisotopic (exact) mass is 329 g/mol. The largest absolute Gasteiger partial charge is 0.465 e. The van der Waals surface area contributed by atoms with Gasteiger partial charge in [-0.2, -0.15) is 0 Å². The number of carbonyl (C=O) groups excluding carboxylic acids is 2. The van der Waals surface area contributed by atoms with Gasteiger partial charge in [-0.1, -0.05) is 23.2 Å². The lowest BCUT2D eigenvalue weighted by molar-refractivity contribution is -0.116. The molecule has 2 rings (SSSR count). The van der Waals surface area contributed by atoms with Crippen LogP contribution in [0.4, 0.5) is 5.69 Å². The molecule has 0 spiro atoms. The molecule has 0 atom stereocenters. The van der Waals surface area contributed by atoms with E-state index in [0.29, 0.717) is 0 Å². The summed E-state index contributed by atoms with van der Waals surface area (Å²) in [6.45, 7) is -0.117. The van der Waals surface area contributed by atoms with Crippen LogP contribution in [-0.2, 0) is 16.1 Å². The van der Waals surface area contributed by atoms with Crippen molar-refractivity contribution in [2.75, 3.05) is 12.4 Å². The van der Waals surface area contributed by atoms with E-state index in [4.69, 9.17) is 23.2 Å². The Bertz CT molecular complexity index is 675. The van der Waals surface area contributed by atoms with Crippen LogP contribution in [0.15, 0.2) is 18.5 Å². The third kappa shape index (κ3) is 3.67. The highest BCUT2D eigenvalue weighted by atomic mass is 35.5. The molecule has 0 bridgehead atoms. The highest BCUT2D eigenvalue weighted by Crippen LogP contribution is 2.29. The molecule has 21 heavy (non-hydrogen) atoms. The van der Waals surface area contributed by atoms with Gasteiger partial charge in [-0.05, 0) is 22.6 Å². The van der Waals surface area contributed by atoms with Gasteiger partial charge in [-0.3, -0.25) is 4.79 Å². The number of nitrogens with one attached hydrogen (secondary N) is 1. The fourth-order valence-corrected chi connectivity index (χ4v) is 1.85. The van der Waals surface area contributed by atoms with E-state index in [-0.39, 0.29) is 27.8 Å². The Morgan fingerprint density at radius 1 is 1.33 bits per heavy atom. The number of aromatic nitrogens is 4. The zero-order chi connectivity index (χ0) is 15.4. The molecule has 1 aromatic carbocycles. The van der Waals surface area contributed by atoms with Crippen LogP contribution < -0.4 is 5.32 Å². The second-order valence-corrected chi connectivity index (χ2v) is 4.67. The van der Waals surface area contributed by atoms with Crippen molar-refractivity contribution in [3.63, 3.8) is 0 Å². The van der Waals surface area contributed by atoms with Gasteiger partial charge in [0.1, 0.15) is 12.9 Å². The third-order valence-electron chi connectivity index (χ3n) is 2.44. The van der Waals surface area contributed by atoms with E-state index >= 15 is 0 Å². The quantitative estimate of drug-likeness (QED) is 0.851. The molecule has 1 aromatic heterocycles. The first-order valence-electron chi connectivity index (χ1n) is 5.59. The number of ether oxygens (including phenoxy) is 1. The maximum absolute atomic E-state index is 11.9. The zero-order valence-electron chi connectivity index (χ0n) is 10.7. The molecule has 1 heterocycles. The summed E-state index contributed by atoms with van der Waals surface area (Å²) in [5, 5.41) is 13.3. The summed E-state index contributed by atoms with van der Waals surface area (Å²) in [7, 11) is 1.22. The number of tetrazole rings is 1. The van der Waals surface area contributed by atoms with Crippen molar-refractivity contribution in [2.45, 2.75) is 6.54 Å². The first kappa shape index (κ1) is 15.2. The van der Waals surface area contributed by atoms with Gasteiger partial charge in [-0.25, -0.2) is 9.48 Å². The van der Waals surface area contributed by atoms with Crippen LogP contribution >= 0.6 is 23.2 Å². The molecule has 8 nitrogen and oxygen atoms in total. The van der Waals surface area contributed by atoms with Crippen molar-refractivity contribution < 1.29 is 14.3 Å². The van der Waals surface area contributed by atoms with Gasteiger partial charge in [0.2, 0.25) is 5.91 Å². The Morgan fingerprint density at radius 3 is 2.67 bits per heavy atom. The van der Waals surface area contributed by atoms with Gasteiger partial charge >= 0.3 is 5.97 Å². The van der Waals surface area contributed by atoms with E-state index in [0.717, 1.165) is 0 Å². The molecule has 0 saturated carbocycles. The number of amides is 1. The molecule has 0 aliphatic carbocycles. The molecule has 0 fully saturated rings. The summed E-state index contributed by atoms with van der Waals surface area (Å²) in [6.07, 6.45) is 1.29. The lowest BCUT2D eigenvalue weighted by Crippen LogP contribution is -2.21. The van der Waals surface area contributed by atoms with Crippen LogP contribution in [0.25, 0.3) is 0 Å². The van der Waals surface area contributed by atoms with Crippen molar-refractivity contribution in [3.8, 4) is 0 Å². The molecule has 0 aliphatic rings. The minimum atomic E-state index is -0.647. The van der Waals surface area contributed by atoms with Gasteiger partial charge < -0.3 is 10.1 Å². The van der Waals surface area contributed by atoms with E-state index in [9.17, 15) is 9.59 Å². The van der Waals surface area contributed by atoms with Crippen molar-refractivity contribution in [1.82, 2.24) is 20.2 Å². The molecule has 110 valence electrons. The molecule has 2 aromatic rings. The predicted octanol–water partition coefficient (Wildman–Crippen LogP) is 1.41. The molecule has 1 N–H and O–H groups in total. The third-order valence-corrected chi connectivity index (χ3v) is 3.16. The van der Waals surface area contributed by atoms with Crippen LogP contribution in [0.2, 0.25) is 10.0 Å². The standard InChI is InChI=1S/C11H9Cl2N5O3/c1-21-11(20)6-2-7(12)8(13)3-9(6)15-10(19)4-18-5-14-16-17-18/h2-3,5H,4H2,1H3,(H,15,19). The molecule has 0 radical (unpaired) electrons. The SMILES string of the molecule is COC(=O)c1cc(Cl)c(Cl)cc1NC(=O)Cn1cnnn1. The first-order chi connectivity index (χ1) is 10.0. The predicted molar refractivity (Wildman–Crippen MR) is 74.2 cm³/mol. The Labute approximate surface area is 129 Å². The summed E-state index contributed by atoms with van der Waals surface area (Å²) in [5.41, 5.74) is 0.284. The highest BCUT2D eigenvalue weighted by Gasteiger charge is 2.17. The van der Waals surface area contributed by atoms with Crippen LogP contribution in [0, 0.1) is 0 Å². The van der Waals surface area contributed by atoms with E-state index in [1.165, 1.54) is 30.3 Å². The van der Waals surface area contributed by atoms with Crippen molar-refractivity contribution in [1.29, 1.82) is 0 Å². The molecule has 0 saturated heterocycles. The summed E-state index contributed by atoms with van der Waals surface area (Å²) in [6, 6.07) is 2.69. The maximum atomic E-state index is 11.9. The molecular formula is C11H9Cl2N5O3. The number of rotatable bonds is 4. The lowest BCUT2D eigenvalue weighted by atomic mass is 10.1. The van der Waals surface area contributed by atoms with Crippen LogP contribution in [0.3, 0.4) is 0 Å². The number of halogens is 2. The average Bonchev–Trinajstić information content (AvgIpc) is 2.94. The van der Waals surface area contributed by atoms with Gasteiger partial charge in [0.15, 0.2) is 0 Å². The van der Waals surface area contributed by atoms with E-state index in [1.54, 1.807) is 0 Å². The number of carbonyl (C=O) groups is 2. The second-order valence-electron chi connectivity index (χ2n) is 3.86. The Balaban J connectivity index is 2.23. The number of hydrogen-bond donors (Lipinski definition) is 1. The average molecular weight is 330 g/mol. The van der Waals surface area contributed by atoms with Crippen LogP contribution in [0.5, 0.6) is 0 Å². The van der Waals surface area contributed by atoms with Crippen molar-refractivity contribution >= 4 is 40.8 Å². The minimum absolute atomic E-state index is 0.0944. The normalized spacial score (nSPS) is 10.2. The Kier molecular flexibility index (Phi) is 4.71. The molecule has 1 amide bonds. The van der Waals surface area contributed by atoms with Crippen LogP contribution in [0.1, 0.15) is 10.4 Å². The number of methoxy groups -OCH3 is 1. The molecular weight excluding hydrogens is 321 g/mol. The number of nitrogens with zero attached hydrogens (tertiary/aromatic N) is 4. The number of esters is 1. The van der Waals surface area contributed by atoms with Crippen LogP contribution in [-0.4, -0.2) is 39.2 Å². The van der Waals surface area contributed by atoms with Crippen molar-refractivity contribution in [3.05, 3.63) is 34.1 Å². The van der Waals surface area contributed by atoms with Crippen molar-refractivity contribution in [2.24, 2.45) is 0 Å². The molecule has 10 heteroatoms. The number of hydrogen-bond acceptors (Lipinski definition) is 6. The fourth-order valence-electron chi connectivity index (χ4n) is 1.52. The summed E-state index contributed by atoms with van der Waals surface area (Å²) in [5.74, 6) is -1.09. The zero-order valence-corrected chi connectivity index (χ0v) is 12.2. The second kappa shape index (κ2) is 6.51. The summed E-state index contributed by atoms with van der Waals surface area (Å²) < 4.78 is 5.86. The smallest absolute Gasteiger partial charge is 0.340 e. The first-order valence-corrected chi connectivity index (χ1v) is 6.35. The Morgan fingerprint density at radius 2 is 2.05 bits per heavy atom. The molecule has 0 unspecified atom stereocenters. The minimum Gasteiger partial charge on any atom is -0.465 e. The topological polar surface area (TPSA) is 99.0 Å². The Hall–Kier alpha value is -2.19. The van der Waals surface area contributed by atoms with Gasteiger partial charge in [0, 0.05) is 0 Å². The highest BCUT2D eigenvalue weighted by molar-refractivity contribution is 6.42. The van der Waals surface area contributed by atoms with E-state index in [1.807, 2.05) is 0 Å². The lowest BCUT2D eigenvalue weighted by Gasteiger charge is -2.11. The molecule has 0 aliphatic heterocycles. The number of anilines is 1. The number of benzene rings is 1. The van der Waals surface area contributed by atoms with Gasteiger partial charge in [0.25, 0.3) is 0 Å².